The number of amides is 2. The standard InChI is InChI=1S/C21H27N3O/c1-16-4-7-19(8-5-16)15-22-21(25)24-12-10-23(11-13-24)20-9-6-17(2)14-18(20)3/h4-9,14H,10-13,15H2,1-3H3,(H,22,25). The van der Waals surface area contributed by atoms with Crippen LogP contribution in [0.25, 0.3) is 0 Å². The van der Waals surface area contributed by atoms with E-state index in [9.17, 15) is 4.79 Å². The molecule has 25 heavy (non-hydrogen) atoms. The normalized spacial score (nSPS) is 14.5. The van der Waals surface area contributed by atoms with Crippen molar-refractivity contribution in [1.82, 2.24) is 10.2 Å². The van der Waals surface area contributed by atoms with Crippen LogP contribution in [0.1, 0.15) is 22.3 Å². The molecule has 3 rings (SSSR count). The highest BCUT2D eigenvalue weighted by molar-refractivity contribution is 5.74. The Morgan fingerprint density at radius 2 is 1.56 bits per heavy atom. The number of hydrogen-bond acceptors (Lipinski definition) is 2. The van der Waals surface area contributed by atoms with Gasteiger partial charge in [0, 0.05) is 38.4 Å². The minimum Gasteiger partial charge on any atom is -0.368 e. The Balaban J connectivity index is 1.51. The third kappa shape index (κ3) is 4.32. The molecule has 2 aromatic rings. The van der Waals surface area contributed by atoms with Crippen molar-refractivity contribution in [3.63, 3.8) is 0 Å². The van der Waals surface area contributed by atoms with Crippen molar-refractivity contribution in [3.8, 4) is 0 Å². The van der Waals surface area contributed by atoms with Crippen molar-refractivity contribution >= 4 is 11.7 Å². The highest BCUT2D eigenvalue weighted by Crippen LogP contribution is 2.22. The lowest BCUT2D eigenvalue weighted by molar-refractivity contribution is 0.194. The first-order valence-electron chi connectivity index (χ1n) is 8.93. The SMILES string of the molecule is Cc1ccc(CNC(=O)N2CCN(c3ccc(C)cc3C)CC2)cc1. The van der Waals surface area contributed by atoms with Crippen molar-refractivity contribution in [3.05, 3.63) is 64.7 Å². The Hall–Kier alpha value is -2.49. The summed E-state index contributed by atoms with van der Waals surface area (Å²) in [5, 5.41) is 3.03. The minimum absolute atomic E-state index is 0.0286. The molecule has 0 bridgehead atoms. The summed E-state index contributed by atoms with van der Waals surface area (Å²) < 4.78 is 0. The van der Waals surface area contributed by atoms with E-state index in [1.165, 1.54) is 22.4 Å². The highest BCUT2D eigenvalue weighted by Gasteiger charge is 2.21. The average Bonchev–Trinajstić information content (AvgIpc) is 2.61. The molecule has 0 radical (unpaired) electrons. The van der Waals surface area contributed by atoms with Crippen LogP contribution in [0.2, 0.25) is 0 Å². The smallest absolute Gasteiger partial charge is 0.317 e. The van der Waals surface area contributed by atoms with Gasteiger partial charge in [-0.1, -0.05) is 47.5 Å². The van der Waals surface area contributed by atoms with E-state index in [4.69, 9.17) is 0 Å². The predicted octanol–water partition coefficient (Wildman–Crippen LogP) is 3.64. The number of nitrogens with zero attached hydrogens (tertiary/aromatic N) is 2. The van der Waals surface area contributed by atoms with Gasteiger partial charge in [-0.25, -0.2) is 4.79 Å². The fourth-order valence-corrected chi connectivity index (χ4v) is 3.31. The maximum absolute atomic E-state index is 12.4. The second kappa shape index (κ2) is 7.60. The van der Waals surface area contributed by atoms with Gasteiger partial charge in [0.2, 0.25) is 0 Å². The molecule has 4 heteroatoms. The molecule has 0 spiro atoms. The number of nitrogens with one attached hydrogen (secondary N) is 1. The summed E-state index contributed by atoms with van der Waals surface area (Å²) in [6.07, 6.45) is 0. The zero-order valence-electron chi connectivity index (χ0n) is 15.4. The summed E-state index contributed by atoms with van der Waals surface area (Å²) in [5.74, 6) is 0. The van der Waals surface area contributed by atoms with Crippen LogP contribution in [0.5, 0.6) is 0 Å². The topological polar surface area (TPSA) is 35.6 Å². The summed E-state index contributed by atoms with van der Waals surface area (Å²) in [4.78, 5) is 16.7. The third-order valence-electron chi connectivity index (χ3n) is 4.82. The van der Waals surface area contributed by atoms with E-state index in [0.29, 0.717) is 6.54 Å². The van der Waals surface area contributed by atoms with Crippen LogP contribution in [-0.4, -0.2) is 37.1 Å². The highest BCUT2D eigenvalue weighted by atomic mass is 16.2. The Bertz CT molecular complexity index is 731. The quantitative estimate of drug-likeness (QED) is 0.928. The van der Waals surface area contributed by atoms with Gasteiger partial charge in [0.15, 0.2) is 0 Å². The number of carbonyl (C=O) groups excluding carboxylic acids is 1. The molecular formula is C21H27N3O. The van der Waals surface area contributed by atoms with Gasteiger partial charge < -0.3 is 15.1 Å². The largest absolute Gasteiger partial charge is 0.368 e. The van der Waals surface area contributed by atoms with Gasteiger partial charge in [-0.3, -0.25) is 0 Å². The second-order valence-corrected chi connectivity index (χ2v) is 6.91. The number of anilines is 1. The molecule has 0 saturated carbocycles. The molecule has 1 aliphatic heterocycles. The number of aryl methyl sites for hydroxylation is 3. The zero-order chi connectivity index (χ0) is 17.8. The monoisotopic (exact) mass is 337 g/mol. The predicted molar refractivity (Wildman–Crippen MR) is 103 cm³/mol. The number of carbonyl (C=O) groups is 1. The van der Waals surface area contributed by atoms with Gasteiger partial charge in [-0.05, 0) is 38.0 Å². The van der Waals surface area contributed by atoms with E-state index in [-0.39, 0.29) is 6.03 Å². The van der Waals surface area contributed by atoms with Gasteiger partial charge >= 0.3 is 6.03 Å². The van der Waals surface area contributed by atoms with E-state index in [0.717, 1.165) is 31.7 Å². The van der Waals surface area contributed by atoms with E-state index < -0.39 is 0 Å². The Morgan fingerprint density at radius 1 is 0.920 bits per heavy atom. The van der Waals surface area contributed by atoms with Gasteiger partial charge in [0.05, 0.1) is 0 Å². The number of benzene rings is 2. The van der Waals surface area contributed by atoms with Crippen LogP contribution in [0.4, 0.5) is 10.5 Å². The zero-order valence-corrected chi connectivity index (χ0v) is 15.4. The lowest BCUT2D eigenvalue weighted by Crippen LogP contribution is -2.51. The molecule has 0 atom stereocenters. The van der Waals surface area contributed by atoms with Crippen LogP contribution >= 0.6 is 0 Å². The second-order valence-electron chi connectivity index (χ2n) is 6.91. The molecule has 0 unspecified atom stereocenters. The maximum Gasteiger partial charge on any atom is 0.317 e. The molecule has 2 amide bonds. The van der Waals surface area contributed by atoms with Crippen LogP contribution in [-0.2, 0) is 6.54 Å². The van der Waals surface area contributed by atoms with Crippen LogP contribution < -0.4 is 10.2 Å². The molecule has 1 saturated heterocycles. The van der Waals surface area contributed by atoms with Gasteiger partial charge in [0.1, 0.15) is 0 Å². The Labute approximate surface area is 150 Å². The van der Waals surface area contributed by atoms with E-state index >= 15 is 0 Å². The summed E-state index contributed by atoms with van der Waals surface area (Å²) in [6.45, 7) is 10.2. The molecular weight excluding hydrogens is 310 g/mol. The number of rotatable bonds is 3. The number of urea groups is 1. The van der Waals surface area contributed by atoms with Crippen molar-refractivity contribution in [2.45, 2.75) is 27.3 Å². The van der Waals surface area contributed by atoms with E-state index in [1.807, 2.05) is 4.90 Å². The van der Waals surface area contributed by atoms with Crippen LogP contribution in [0.3, 0.4) is 0 Å². The lowest BCUT2D eigenvalue weighted by Gasteiger charge is -2.36. The molecule has 1 heterocycles. The summed E-state index contributed by atoms with van der Waals surface area (Å²) >= 11 is 0. The average molecular weight is 337 g/mol. The van der Waals surface area contributed by atoms with Gasteiger partial charge in [0.25, 0.3) is 0 Å². The Kier molecular flexibility index (Phi) is 5.27. The fraction of sp³-hybridized carbons (Fsp3) is 0.381. The van der Waals surface area contributed by atoms with Crippen molar-refractivity contribution < 1.29 is 4.79 Å². The molecule has 132 valence electrons. The summed E-state index contributed by atoms with van der Waals surface area (Å²) in [7, 11) is 0. The van der Waals surface area contributed by atoms with E-state index in [1.54, 1.807) is 0 Å². The molecule has 4 nitrogen and oxygen atoms in total. The van der Waals surface area contributed by atoms with E-state index in [2.05, 4.69) is 73.5 Å². The third-order valence-corrected chi connectivity index (χ3v) is 4.82. The molecule has 0 aliphatic carbocycles. The Morgan fingerprint density at radius 3 is 2.20 bits per heavy atom. The summed E-state index contributed by atoms with van der Waals surface area (Å²) in [6, 6.07) is 14.9. The molecule has 1 N–H and O–H groups in total. The van der Waals surface area contributed by atoms with Gasteiger partial charge in [-0.15, -0.1) is 0 Å². The first kappa shape index (κ1) is 17.3. The first-order valence-corrected chi connectivity index (χ1v) is 8.93. The van der Waals surface area contributed by atoms with Crippen LogP contribution in [0.15, 0.2) is 42.5 Å². The first-order chi connectivity index (χ1) is 12.0. The molecule has 0 aromatic heterocycles. The number of piperazine rings is 1. The lowest BCUT2D eigenvalue weighted by atomic mass is 10.1. The van der Waals surface area contributed by atoms with Crippen LogP contribution in [0, 0.1) is 20.8 Å². The summed E-state index contributed by atoms with van der Waals surface area (Å²) in [5.41, 5.74) is 6.24. The van der Waals surface area contributed by atoms with Crippen molar-refractivity contribution in [2.24, 2.45) is 0 Å². The van der Waals surface area contributed by atoms with Crippen molar-refractivity contribution in [2.75, 3.05) is 31.1 Å². The molecule has 1 fully saturated rings. The maximum atomic E-state index is 12.4. The number of hydrogen-bond donors (Lipinski definition) is 1. The fourth-order valence-electron chi connectivity index (χ4n) is 3.31. The molecule has 1 aliphatic rings. The minimum atomic E-state index is 0.0286. The van der Waals surface area contributed by atoms with Gasteiger partial charge in [-0.2, -0.15) is 0 Å². The molecule has 2 aromatic carbocycles. The van der Waals surface area contributed by atoms with Crippen molar-refractivity contribution in [1.29, 1.82) is 0 Å².